The van der Waals surface area contributed by atoms with Crippen molar-refractivity contribution >= 4 is 16.1 Å². The average Bonchev–Trinajstić information content (AvgIpc) is 2.81. The van der Waals surface area contributed by atoms with Gasteiger partial charge in [0.05, 0.1) is 17.9 Å². The fourth-order valence-electron chi connectivity index (χ4n) is 2.31. The van der Waals surface area contributed by atoms with Gasteiger partial charge in [0.25, 0.3) is 0 Å². The molecule has 2 aliphatic heterocycles. The Bertz CT molecular complexity index is 405. The van der Waals surface area contributed by atoms with E-state index in [2.05, 4.69) is 5.32 Å². The lowest BCUT2D eigenvalue weighted by molar-refractivity contribution is 0.172. The van der Waals surface area contributed by atoms with Crippen LogP contribution in [-0.4, -0.2) is 56.9 Å². The number of rotatable bonds is 2. The van der Waals surface area contributed by atoms with Crippen molar-refractivity contribution in [3.05, 3.63) is 0 Å². The highest BCUT2D eigenvalue weighted by molar-refractivity contribution is 7.89. The number of carbonyl (C=O) groups excluding carboxylic acids is 1. The van der Waals surface area contributed by atoms with E-state index < -0.39 is 15.3 Å². The van der Waals surface area contributed by atoms with Crippen LogP contribution in [0, 0.1) is 0 Å². The van der Waals surface area contributed by atoms with Gasteiger partial charge in [0.2, 0.25) is 10.0 Å². The van der Waals surface area contributed by atoms with Crippen LogP contribution in [0.5, 0.6) is 0 Å². The van der Waals surface area contributed by atoms with Crippen molar-refractivity contribution in [2.45, 2.75) is 30.6 Å². The smallest absolute Gasteiger partial charge is 0.317 e. The van der Waals surface area contributed by atoms with Crippen LogP contribution in [0.4, 0.5) is 4.79 Å². The van der Waals surface area contributed by atoms with Crippen molar-refractivity contribution in [1.29, 1.82) is 0 Å². The lowest BCUT2D eigenvalue weighted by Crippen LogP contribution is -2.52. The number of amides is 2. The maximum atomic E-state index is 12.0. The minimum atomic E-state index is -3.57. The molecule has 0 aliphatic carbocycles. The first-order valence-corrected chi connectivity index (χ1v) is 7.72. The monoisotopic (exact) mass is 277 g/mol. The fourth-order valence-corrected chi connectivity index (χ4v) is 3.19. The number of sulfonamides is 1. The number of nitrogens with two attached hydrogens (primary N) is 1. The van der Waals surface area contributed by atoms with E-state index in [9.17, 15) is 13.2 Å². The van der Waals surface area contributed by atoms with Gasteiger partial charge in [0.1, 0.15) is 0 Å². The number of primary sulfonamides is 1. The van der Waals surface area contributed by atoms with Gasteiger partial charge < -0.3 is 15.0 Å². The summed E-state index contributed by atoms with van der Waals surface area (Å²) in [5.41, 5.74) is 0. The highest BCUT2D eigenvalue weighted by Gasteiger charge is 2.31. The highest BCUT2D eigenvalue weighted by atomic mass is 32.2. The van der Waals surface area contributed by atoms with E-state index >= 15 is 0 Å². The van der Waals surface area contributed by atoms with Gasteiger partial charge in [-0.3, -0.25) is 0 Å². The Balaban J connectivity index is 1.89. The third kappa shape index (κ3) is 3.33. The molecule has 0 spiro atoms. The predicted octanol–water partition coefficient (Wildman–Crippen LogP) is -0.762. The molecule has 0 aromatic carbocycles. The largest absolute Gasteiger partial charge is 0.379 e. The van der Waals surface area contributed by atoms with Crippen molar-refractivity contribution in [3.63, 3.8) is 0 Å². The fraction of sp³-hybridized carbons (Fsp3) is 0.900. The molecule has 0 saturated carbocycles. The van der Waals surface area contributed by atoms with Crippen LogP contribution in [0.3, 0.4) is 0 Å². The van der Waals surface area contributed by atoms with Crippen LogP contribution in [0.2, 0.25) is 0 Å². The molecule has 18 heavy (non-hydrogen) atoms. The van der Waals surface area contributed by atoms with Crippen LogP contribution < -0.4 is 10.5 Å². The molecule has 2 aliphatic rings. The molecule has 2 fully saturated rings. The number of nitrogens with one attached hydrogen (secondary N) is 1. The van der Waals surface area contributed by atoms with E-state index in [1.165, 1.54) is 4.90 Å². The lowest BCUT2D eigenvalue weighted by Gasteiger charge is -2.32. The minimum absolute atomic E-state index is 0.0346. The van der Waals surface area contributed by atoms with Crippen molar-refractivity contribution in [2.75, 3.05) is 26.3 Å². The normalized spacial score (nSPS) is 29.3. The molecule has 2 unspecified atom stereocenters. The Morgan fingerprint density at radius 3 is 2.78 bits per heavy atom. The second-order valence-corrected chi connectivity index (χ2v) is 6.65. The van der Waals surface area contributed by atoms with Gasteiger partial charge in [-0.2, -0.15) is 0 Å². The van der Waals surface area contributed by atoms with E-state index in [0.29, 0.717) is 32.6 Å². The maximum Gasteiger partial charge on any atom is 0.317 e. The molecule has 0 aromatic rings. The molecule has 8 heteroatoms. The zero-order chi connectivity index (χ0) is 13.2. The number of carbonyl (C=O) groups is 1. The molecule has 2 atom stereocenters. The summed E-state index contributed by atoms with van der Waals surface area (Å²) in [6, 6.07) is -0.189. The Hall–Kier alpha value is -0.860. The van der Waals surface area contributed by atoms with Crippen LogP contribution in [0.25, 0.3) is 0 Å². The molecular formula is C10H19N3O4S. The third-order valence-electron chi connectivity index (χ3n) is 3.39. The SMILES string of the molecule is NS(=O)(=O)C1CCCN(C(=O)NC2CCOC2)C1. The third-order valence-corrected chi connectivity index (χ3v) is 4.70. The second-order valence-electron chi connectivity index (χ2n) is 4.81. The zero-order valence-corrected chi connectivity index (χ0v) is 11.0. The van der Waals surface area contributed by atoms with E-state index in [-0.39, 0.29) is 18.6 Å². The van der Waals surface area contributed by atoms with Crippen LogP contribution in [0.1, 0.15) is 19.3 Å². The van der Waals surface area contributed by atoms with Crippen molar-refractivity contribution in [1.82, 2.24) is 10.2 Å². The maximum absolute atomic E-state index is 12.0. The molecule has 0 radical (unpaired) electrons. The molecule has 3 N–H and O–H groups in total. The van der Waals surface area contributed by atoms with E-state index in [0.717, 1.165) is 6.42 Å². The number of nitrogens with zero attached hydrogens (tertiary/aromatic N) is 1. The molecule has 0 aromatic heterocycles. The Kier molecular flexibility index (Phi) is 4.08. The van der Waals surface area contributed by atoms with Gasteiger partial charge in [0.15, 0.2) is 0 Å². The zero-order valence-electron chi connectivity index (χ0n) is 10.2. The van der Waals surface area contributed by atoms with Gasteiger partial charge in [-0.05, 0) is 19.3 Å². The first-order chi connectivity index (χ1) is 8.47. The summed E-state index contributed by atoms with van der Waals surface area (Å²) in [5.74, 6) is 0. The summed E-state index contributed by atoms with van der Waals surface area (Å²) < 4.78 is 27.8. The highest BCUT2D eigenvalue weighted by Crippen LogP contribution is 2.15. The number of hydrogen-bond donors (Lipinski definition) is 2. The first-order valence-electron chi connectivity index (χ1n) is 6.11. The molecule has 0 bridgehead atoms. The van der Waals surface area contributed by atoms with Gasteiger partial charge in [-0.15, -0.1) is 0 Å². The van der Waals surface area contributed by atoms with Crippen LogP contribution in [0.15, 0.2) is 0 Å². The Labute approximate surface area is 107 Å². The predicted molar refractivity (Wildman–Crippen MR) is 65.5 cm³/mol. The molecule has 7 nitrogen and oxygen atoms in total. The lowest BCUT2D eigenvalue weighted by atomic mass is 10.1. The summed E-state index contributed by atoms with van der Waals surface area (Å²) in [5, 5.41) is 7.34. The van der Waals surface area contributed by atoms with E-state index in [1.54, 1.807) is 0 Å². The van der Waals surface area contributed by atoms with Crippen LogP contribution >= 0.6 is 0 Å². The molecule has 104 valence electrons. The topological polar surface area (TPSA) is 102 Å². The summed E-state index contributed by atoms with van der Waals surface area (Å²) in [6.45, 7) is 1.94. The Morgan fingerprint density at radius 2 is 2.17 bits per heavy atom. The number of urea groups is 1. The molecule has 2 heterocycles. The number of likely N-dealkylation sites (tertiary alicyclic amines) is 1. The number of piperidine rings is 1. The first kappa shape index (κ1) is 13.6. The molecule has 2 saturated heterocycles. The van der Waals surface area contributed by atoms with Crippen LogP contribution in [-0.2, 0) is 14.8 Å². The van der Waals surface area contributed by atoms with Crippen molar-refractivity contribution < 1.29 is 17.9 Å². The van der Waals surface area contributed by atoms with Crippen molar-refractivity contribution in [3.8, 4) is 0 Å². The molecule has 2 rings (SSSR count). The summed E-state index contributed by atoms with van der Waals surface area (Å²) in [7, 11) is -3.57. The van der Waals surface area contributed by atoms with Gasteiger partial charge >= 0.3 is 6.03 Å². The summed E-state index contributed by atoms with van der Waals surface area (Å²) in [6.07, 6.45) is 1.99. The second kappa shape index (κ2) is 5.41. The standard InChI is InChI=1S/C10H19N3O4S/c11-18(15,16)9-2-1-4-13(6-9)10(14)12-8-3-5-17-7-8/h8-9H,1-7H2,(H,12,14)(H2,11,15,16). The Morgan fingerprint density at radius 1 is 1.39 bits per heavy atom. The van der Waals surface area contributed by atoms with Gasteiger partial charge in [0, 0.05) is 19.7 Å². The number of hydrogen-bond acceptors (Lipinski definition) is 4. The molecular weight excluding hydrogens is 258 g/mol. The quantitative estimate of drug-likeness (QED) is 0.692. The molecule has 2 amide bonds. The van der Waals surface area contributed by atoms with E-state index in [1.807, 2.05) is 0 Å². The average molecular weight is 277 g/mol. The minimum Gasteiger partial charge on any atom is -0.379 e. The number of ether oxygens (including phenoxy) is 1. The summed E-state index contributed by atoms with van der Waals surface area (Å²) in [4.78, 5) is 13.5. The summed E-state index contributed by atoms with van der Waals surface area (Å²) >= 11 is 0. The van der Waals surface area contributed by atoms with Gasteiger partial charge in [-0.25, -0.2) is 18.4 Å². The van der Waals surface area contributed by atoms with E-state index in [4.69, 9.17) is 9.88 Å². The van der Waals surface area contributed by atoms with Crippen molar-refractivity contribution in [2.24, 2.45) is 5.14 Å². The van der Waals surface area contributed by atoms with Gasteiger partial charge in [-0.1, -0.05) is 0 Å².